The molecule has 0 amide bonds. The van der Waals surface area contributed by atoms with Crippen LogP contribution in [0.25, 0.3) is 0 Å². The summed E-state index contributed by atoms with van der Waals surface area (Å²) in [6.07, 6.45) is 0.894. The maximum atomic E-state index is 13.4. The van der Waals surface area contributed by atoms with Gasteiger partial charge in [-0.1, -0.05) is 48.5 Å². The first-order chi connectivity index (χ1) is 12.8. The van der Waals surface area contributed by atoms with Gasteiger partial charge in [-0.15, -0.1) is 0 Å². The Hall–Kier alpha value is -3.27. The molecule has 2 atom stereocenters. The van der Waals surface area contributed by atoms with E-state index in [0.29, 0.717) is 0 Å². The molecule has 0 saturated carbocycles. The highest BCUT2D eigenvalue weighted by atomic mass is 19.1. The third-order valence-electron chi connectivity index (χ3n) is 4.52. The highest BCUT2D eigenvalue weighted by Crippen LogP contribution is 2.32. The Labute approximate surface area is 151 Å². The SMILES string of the molecule is O=CC1Nc2ccccc2C(c2ccc(F)cc2)=NC1c1ccccc1. The van der Waals surface area contributed by atoms with Crippen LogP contribution < -0.4 is 5.32 Å². The average Bonchev–Trinajstić information content (AvgIpc) is 2.86. The first-order valence-corrected chi connectivity index (χ1v) is 8.46. The minimum Gasteiger partial charge on any atom is -0.373 e. The number of nitrogens with one attached hydrogen (secondary N) is 1. The smallest absolute Gasteiger partial charge is 0.144 e. The van der Waals surface area contributed by atoms with E-state index in [1.54, 1.807) is 12.1 Å². The molecule has 26 heavy (non-hydrogen) atoms. The molecule has 3 aromatic rings. The number of para-hydroxylation sites is 1. The van der Waals surface area contributed by atoms with Crippen LogP contribution in [0.4, 0.5) is 10.1 Å². The number of aliphatic imine (C=N–C) groups is 1. The topological polar surface area (TPSA) is 41.5 Å². The van der Waals surface area contributed by atoms with E-state index in [9.17, 15) is 9.18 Å². The van der Waals surface area contributed by atoms with Crippen LogP contribution in [0, 0.1) is 5.82 Å². The van der Waals surface area contributed by atoms with Crippen LogP contribution in [0.2, 0.25) is 0 Å². The molecule has 0 aliphatic carbocycles. The molecular weight excluding hydrogens is 327 g/mol. The van der Waals surface area contributed by atoms with Gasteiger partial charge >= 0.3 is 0 Å². The maximum absolute atomic E-state index is 13.4. The molecule has 4 heteroatoms. The van der Waals surface area contributed by atoms with Crippen molar-refractivity contribution in [3.05, 3.63) is 101 Å². The molecule has 4 rings (SSSR count). The molecule has 0 aromatic heterocycles. The Bertz CT molecular complexity index is 951. The number of fused-ring (bicyclic) bond motifs is 1. The molecule has 1 aliphatic heterocycles. The standard InChI is InChI=1S/C22H17FN2O/c23-17-12-10-16(11-13-17)21-18-8-4-5-9-19(18)24-20(14-26)22(25-21)15-6-2-1-3-7-15/h1-14,20,22,24H. The van der Waals surface area contributed by atoms with Gasteiger partial charge in [-0.2, -0.15) is 0 Å². The van der Waals surface area contributed by atoms with Gasteiger partial charge < -0.3 is 10.1 Å². The third-order valence-corrected chi connectivity index (χ3v) is 4.52. The van der Waals surface area contributed by atoms with Gasteiger partial charge in [0.25, 0.3) is 0 Å². The maximum Gasteiger partial charge on any atom is 0.144 e. The lowest BCUT2D eigenvalue weighted by molar-refractivity contribution is -0.108. The minimum atomic E-state index is -0.489. The first-order valence-electron chi connectivity index (χ1n) is 8.46. The number of carbonyl (C=O) groups is 1. The fourth-order valence-electron chi connectivity index (χ4n) is 3.24. The molecule has 3 nitrogen and oxygen atoms in total. The van der Waals surface area contributed by atoms with Crippen molar-refractivity contribution >= 4 is 17.7 Å². The number of benzene rings is 3. The van der Waals surface area contributed by atoms with E-state index >= 15 is 0 Å². The number of hydrogen-bond acceptors (Lipinski definition) is 3. The van der Waals surface area contributed by atoms with E-state index in [2.05, 4.69) is 5.32 Å². The largest absolute Gasteiger partial charge is 0.373 e. The summed E-state index contributed by atoms with van der Waals surface area (Å²) in [6, 6.07) is 22.9. The van der Waals surface area contributed by atoms with Gasteiger partial charge in [0.1, 0.15) is 24.2 Å². The summed E-state index contributed by atoms with van der Waals surface area (Å²) in [6.45, 7) is 0. The van der Waals surface area contributed by atoms with Crippen LogP contribution in [-0.2, 0) is 4.79 Å². The summed E-state index contributed by atoms with van der Waals surface area (Å²) in [5.74, 6) is -0.292. The number of carbonyl (C=O) groups excluding carboxylic acids is 1. The summed E-state index contributed by atoms with van der Waals surface area (Å²) in [5.41, 5.74) is 4.24. The van der Waals surface area contributed by atoms with Crippen LogP contribution in [0.15, 0.2) is 83.9 Å². The van der Waals surface area contributed by atoms with Gasteiger partial charge in [-0.05, 0) is 35.9 Å². The zero-order valence-electron chi connectivity index (χ0n) is 14.0. The molecule has 0 bridgehead atoms. The van der Waals surface area contributed by atoms with Gasteiger partial charge in [-0.25, -0.2) is 4.39 Å². The van der Waals surface area contributed by atoms with Crippen molar-refractivity contribution in [1.82, 2.24) is 0 Å². The van der Waals surface area contributed by atoms with E-state index in [1.165, 1.54) is 12.1 Å². The summed E-state index contributed by atoms with van der Waals surface area (Å²) in [5, 5.41) is 3.31. The van der Waals surface area contributed by atoms with Crippen molar-refractivity contribution in [2.45, 2.75) is 12.1 Å². The van der Waals surface area contributed by atoms with E-state index in [0.717, 1.165) is 34.4 Å². The predicted octanol–water partition coefficient (Wildman–Crippen LogP) is 4.40. The molecule has 0 spiro atoms. The second-order valence-electron chi connectivity index (χ2n) is 6.19. The van der Waals surface area contributed by atoms with E-state index in [4.69, 9.17) is 4.99 Å². The fourth-order valence-corrected chi connectivity index (χ4v) is 3.24. The van der Waals surface area contributed by atoms with Crippen LogP contribution in [0.3, 0.4) is 0 Å². The lowest BCUT2D eigenvalue weighted by atomic mass is 9.99. The van der Waals surface area contributed by atoms with Crippen molar-refractivity contribution in [3.63, 3.8) is 0 Å². The molecule has 0 saturated heterocycles. The minimum absolute atomic E-state index is 0.292. The number of aldehydes is 1. The van der Waals surface area contributed by atoms with Gasteiger partial charge in [0.2, 0.25) is 0 Å². The summed E-state index contributed by atoms with van der Waals surface area (Å²) in [7, 11) is 0. The number of rotatable bonds is 3. The second-order valence-corrected chi connectivity index (χ2v) is 6.19. The summed E-state index contributed by atoms with van der Waals surface area (Å²) >= 11 is 0. The van der Waals surface area contributed by atoms with Crippen molar-refractivity contribution in [2.24, 2.45) is 4.99 Å². The van der Waals surface area contributed by atoms with Gasteiger partial charge in [0, 0.05) is 16.8 Å². The molecule has 1 heterocycles. The molecule has 3 aromatic carbocycles. The van der Waals surface area contributed by atoms with Crippen molar-refractivity contribution in [1.29, 1.82) is 0 Å². The molecule has 0 fully saturated rings. The normalized spacial score (nSPS) is 18.9. The van der Waals surface area contributed by atoms with Crippen molar-refractivity contribution < 1.29 is 9.18 Å². The van der Waals surface area contributed by atoms with Gasteiger partial charge in [0.05, 0.1) is 5.71 Å². The van der Waals surface area contributed by atoms with Crippen LogP contribution in [-0.4, -0.2) is 18.0 Å². The van der Waals surface area contributed by atoms with E-state index < -0.39 is 6.04 Å². The van der Waals surface area contributed by atoms with Gasteiger partial charge in [-0.3, -0.25) is 4.99 Å². The zero-order valence-corrected chi connectivity index (χ0v) is 14.0. The molecule has 1 aliphatic rings. The van der Waals surface area contributed by atoms with Crippen LogP contribution in [0.1, 0.15) is 22.7 Å². The Morgan fingerprint density at radius 2 is 1.58 bits per heavy atom. The quantitative estimate of drug-likeness (QED) is 0.716. The Balaban J connectivity index is 1.92. The molecule has 2 unspecified atom stereocenters. The van der Waals surface area contributed by atoms with Crippen LogP contribution >= 0.6 is 0 Å². The van der Waals surface area contributed by atoms with Crippen molar-refractivity contribution in [2.75, 3.05) is 5.32 Å². The third kappa shape index (κ3) is 3.02. The summed E-state index contributed by atoms with van der Waals surface area (Å²) in [4.78, 5) is 16.8. The fraction of sp³-hybridized carbons (Fsp3) is 0.0909. The lowest BCUT2D eigenvalue weighted by Gasteiger charge is -2.20. The molecule has 128 valence electrons. The first kappa shape index (κ1) is 16.2. The monoisotopic (exact) mass is 344 g/mol. The zero-order chi connectivity index (χ0) is 17.9. The Morgan fingerprint density at radius 1 is 0.885 bits per heavy atom. The number of anilines is 1. The molecular formula is C22H17FN2O. The van der Waals surface area contributed by atoms with E-state index in [-0.39, 0.29) is 11.9 Å². The van der Waals surface area contributed by atoms with Crippen molar-refractivity contribution in [3.8, 4) is 0 Å². The summed E-state index contributed by atoms with van der Waals surface area (Å²) < 4.78 is 13.4. The number of nitrogens with zero attached hydrogens (tertiary/aromatic N) is 1. The highest BCUT2D eigenvalue weighted by Gasteiger charge is 2.28. The number of hydrogen-bond donors (Lipinski definition) is 1. The highest BCUT2D eigenvalue weighted by molar-refractivity contribution is 6.16. The Morgan fingerprint density at radius 3 is 2.31 bits per heavy atom. The lowest BCUT2D eigenvalue weighted by Crippen LogP contribution is -2.27. The number of halogens is 1. The molecule has 0 radical (unpaired) electrons. The van der Waals surface area contributed by atoms with Gasteiger partial charge in [0.15, 0.2) is 0 Å². The predicted molar refractivity (Wildman–Crippen MR) is 101 cm³/mol. The van der Waals surface area contributed by atoms with Crippen LogP contribution in [0.5, 0.6) is 0 Å². The Kier molecular flexibility index (Phi) is 4.32. The number of benzodiazepines with no additional fused rings is 1. The van der Waals surface area contributed by atoms with E-state index in [1.807, 2.05) is 54.6 Å². The average molecular weight is 344 g/mol. The second kappa shape index (κ2) is 6.92. The molecule has 1 N–H and O–H groups in total.